The van der Waals surface area contributed by atoms with Crippen LogP contribution in [0.4, 0.5) is 0 Å². The zero-order chi connectivity index (χ0) is 16.3. The van der Waals surface area contributed by atoms with Crippen LogP contribution in [0.25, 0.3) is 11.0 Å². The van der Waals surface area contributed by atoms with Crippen molar-refractivity contribution in [1.82, 2.24) is 10.2 Å². The second-order valence-electron chi connectivity index (χ2n) is 6.44. The molecule has 1 aromatic heterocycles. The summed E-state index contributed by atoms with van der Waals surface area (Å²) in [5, 5.41) is 14.8. The summed E-state index contributed by atoms with van der Waals surface area (Å²) in [6.45, 7) is 1.18. The lowest BCUT2D eigenvalue weighted by Gasteiger charge is -2.27. The van der Waals surface area contributed by atoms with Crippen molar-refractivity contribution < 1.29 is 9.52 Å². The SMILES string of the molecule is CN=C(NCC1(O)CCCC1)N(C)Cc1cc2ccccc2o1. The van der Waals surface area contributed by atoms with E-state index in [-0.39, 0.29) is 0 Å². The Kier molecular flexibility index (Phi) is 4.57. The molecule has 0 spiro atoms. The second kappa shape index (κ2) is 6.62. The molecule has 0 amide bonds. The number of rotatable bonds is 4. The fourth-order valence-electron chi connectivity index (χ4n) is 3.26. The molecule has 2 N–H and O–H groups in total. The summed E-state index contributed by atoms with van der Waals surface area (Å²) < 4.78 is 5.86. The normalized spacial score (nSPS) is 17.6. The molecule has 1 aliphatic carbocycles. The summed E-state index contributed by atoms with van der Waals surface area (Å²) in [6, 6.07) is 10.1. The van der Waals surface area contributed by atoms with E-state index in [4.69, 9.17) is 4.42 Å². The Morgan fingerprint density at radius 2 is 2.09 bits per heavy atom. The Hall–Kier alpha value is -2.01. The molecule has 0 radical (unpaired) electrons. The smallest absolute Gasteiger partial charge is 0.193 e. The van der Waals surface area contributed by atoms with Gasteiger partial charge in [-0.25, -0.2) is 0 Å². The van der Waals surface area contributed by atoms with Crippen LogP contribution in [0, 0.1) is 0 Å². The molecule has 5 heteroatoms. The lowest BCUT2D eigenvalue weighted by atomic mass is 10.0. The number of benzene rings is 1. The number of fused-ring (bicyclic) bond motifs is 1. The molecule has 0 bridgehead atoms. The van der Waals surface area contributed by atoms with Crippen LogP contribution < -0.4 is 5.32 Å². The third kappa shape index (κ3) is 3.67. The van der Waals surface area contributed by atoms with Crippen molar-refractivity contribution in [2.24, 2.45) is 4.99 Å². The fraction of sp³-hybridized carbons (Fsp3) is 0.500. The summed E-state index contributed by atoms with van der Waals surface area (Å²) in [5.41, 5.74) is 0.315. The lowest BCUT2D eigenvalue weighted by molar-refractivity contribution is 0.0516. The van der Waals surface area contributed by atoms with Gasteiger partial charge < -0.3 is 19.7 Å². The highest BCUT2D eigenvalue weighted by Crippen LogP contribution is 2.28. The Balaban J connectivity index is 1.62. The standard InChI is InChI=1S/C18H25N3O2/c1-19-17(20-13-18(22)9-5-6-10-18)21(2)12-15-11-14-7-3-4-8-16(14)23-15/h3-4,7-8,11,22H,5-6,9-10,12-13H2,1-2H3,(H,19,20). The monoisotopic (exact) mass is 315 g/mol. The highest BCUT2D eigenvalue weighted by molar-refractivity contribution is 5.80. The molecule has 0 aliphatic heterocycles. The van der Waals surface area contributed by atoms with E-state index in [2.05, 4.69) is 16.4 Å². The summed E-state index contributed by atoms with van der Waals surface area (Å²) in [4.78, 5) is 6.32. The number of nitrogens with one attached hydrogen (secondary N) is 1. The molecule has 23 heavy (non-hydrogen) atoms. The third-order valence-electron chi connectivity index (χ3n) is 4.55. The highest BCUT2D eigenvalue weighted by atomic mass is 16.3. The van der Waals surface area contributed by atoms with Gasteiger partial charge in [-0.2, -0.15) is 0 Å². The van der Waals surface area contributed by atoms with Gasteiger partial charge in [0.15, 0.2) is 5.96 Å². The predicted octanol–water partition coefficient (Wildman–Crippen LogP) is 2.75. The average Bonchev–Trinajstić information content (AvgIpc) is 3.13. The topological polar surface area (TPSA) is 61.0 Å². The summed E-state index contributed by atoms with van der Waals surface area (Å²) in [5.74, 6) is 1.67. The number of aliphatic imine (C=N–C) groups is 1. The molecule has 1 aromatic carbocycles. The molecule has 124 valence electrons. The first-order valence-corrected chi connectivity index (χ1v) is 8.21. The lowest BCUT2D eigenvalue weighted by Crippen LogP contribution is -2.46. The maximum atomic E-state index is 10.4. The maximum absolute atomic E-state index is 10.4. The van der Waals surface area contributed by atoms with Gasteiger partial charge in [0, 0.05) is 26.0 Å². The predicted molar refractivity (Wildman–Crippen MR) is 92.5 cm³/mol. The van der Waals surface area contributed by atoms with Crippen LogP contribution in [0.2, 0.25) is 0 Å². The van der Waals surface area contributed by atoms with E-state index in [1.807, 2.05) is 36.2 Å². The van der Waals surface area contributed by atoms with Gasteiger partial charge in [-0.3, -0.25) is 4.99 Å². The minimum atomic E-state index is -0.587. The average molecular weight is 315 g/mol. The fourth-order valence-corrected chi connectivity index (χ4v) is 3.26. The molecule has 3 rings (SSSR count). The number of hydrogen-bond donors (Lipinski definition) is 2. The largest absolute Gasteiger partial charge is 0.459 e. The first-order chi connectivity index (χ1) is 11.1. The van der Waals surface area contributed by atoms with Crippen LogP contribution in [-0.4, -0.2) is 42.2 Å². The van der Waals surface area contributed by atoms with E-state index in [9.17, 15) is 5.11 Å². The number of para-hydroxylation sites is 1. The molecule has 1 heterocycles. The van der Waals surface area contributed by atoms with Crippen molar-refractivity contribution in [3.63, 3.8) is 0 Å². The van der Waals surface area contributed by atoms with Gasteiger partial charge in [0.1, 0.15) is 11.3 Å². The molecule has 2 aromatic rings. The molecule has 1 aliphatic rings. The molecule has 0 atom stereocenters. The molecule has 5 nitrogen and oxygen atoms in total. The first-order valence-electron chi connectivity index (χ1n) is 8.21. The van der Waals surface area contributed by atoms with Crippen molar-refractivity contribution >= 4 is 16.9 Å². The third-order valence-corrected chi connectivity index (χ3v) is 4.55. The first kappa shape index (κ1) is 15.9. The van der Waals surface area contributed by atoms with Gasteiger partial charge in [0.2, 0.25) is 0 Å². The molecule has 1 fully saturated rings. The Morgan fingerprint density at radius 1 is 1.35 bits per heavy atom. The maximum Gasteiger partial charge on any atom is 0.193 e. The molecule has 0 saturated heterocycles. The minimum absolute atomic E-state index is 0.546. The van der Waals surface area contributed by atoms with Crippen LogP contribution in [0.15, 0.2) is 39.7 Å². The van der Waals surface area contributed by atoms with Crippen LogP contribution in [0.1, 0.15) is 31.4 Å². The molecular formula is C18H25N3O2. The van der Waals surface area contributed by atoms with Crippen LogP contribution in [-0.2, 0) is 6.54 Å². The van der Waals surface area contributed by atoms with Gasteiger partial charge in [-0.15, -0.1) is 0 Å². The van der Waals surface area contributed by atoms with E-state index in [1.54, 1.807) is 7.05 Å². The highest BCUT2D eigenvalue weighted by Gasteiger charge is 2.31. The Bertz CT molecular complexity index is 653. The zero-order valence-corrected chi connectivity index (χ0v) is 13.9. The van der Waals surface area contributed by atoms with E-state index < -0.39 is 5.60 Å². The minimum Gasteiger partial charge on any atom is -0.459 e. The van der Waals surface area contributed by atoms with Gasteiger partial charge in [-0.1, -0.05) is 31.0 Å². The van der Waals surface area contributed by atoms with Gasteiger partial charge in [-0.05, 0) is 25.0 Å². The van der Waals surface area contributed by atoms with E-state index in [0.29, 0.717) is 13.1 Å². The van der Waals surface area contributed by atoms with Crippen LogP contribution >= 0.6 is 0 Å². The van der Waals surface area contributed by atoms with Crippen LogP contribution in [0.5, 0.6) is 0 Å². The van der Waals surface area contributed by atoms with Crippen molar-refractivity contribution in [3.05, 3.63) is 36.1 Å². The number of nitrogens with zero attached hydrogens (tertiary/aromatic N) is 2. The number of guanidine groups is 1. The summed E-state index contributed by atoms with van der Waals surface area (Å²) >= 11 is 0. The van der Waals surface area contributed by atoms with Crippen molar-refractivity contribution in [3.8, 4) is 0 Å². The summed E-state index contributed by atoms with van der Waals surface area (Å²) in [6.07, 6.45) is 3.94. The van der Waals surface area contributed by atoms with E-state index in [1.165, 1.54) is 0 Å². The van der Waals surface area contributed by atoms with Gasteiger partial charge in [0.25, 0.3) is 0 Å². The Labute approximate surface area is 137 Å². The van der Waals surface area contributed by atoms with Crippen molar-refractivity contribution in [1.29, 1.82) is 0 Å². The number of aliphatic hydroxyl groups is 1. The molecule has 1 saturated carbocycles. The Morgan fingerprint density at radius 3 is 2.78 bits per heavy atom. The summed E-state index contributed by atoms with van der Waals surface area (Å²) in [7, 11) is 3.73. The van der Waals surface area contributed by atoms with E-state index >= 15 is 0 Å². The van der Waals surface area contributed by atoms with Crippen molar-refractivity contribution in [2.45, 2.75) is 37.8 Å². The van der Waals surface area contributed by atoms with E-state index in [0.717, 1.165) is 48.4 Å². The van der Waals surface area contributed by atoms with Gasteiger partial charge in [0.05, 0.1) is 12.1 Å². The quantitative estimate of drug-likeness (QED) is 0.673. The number of furan rings is 1. The molecular weight excluding hydrogens is 290 g/mol. The zero-order valence-electron chi connectivity index (χ0n) is 13.9. The second-order valence-corrected chi connectivity index (χ2v) is 6.44. The van der Waals surface area contributed by atoms with Crippen molar-refractivity contribution in [2.75, 3.05) is 20.6 Å². The van der Waals surface area contributed by atoms with Gasteiger partial charge >= 0.3 is 0 Å². The molecule has 0 unspecified atom stereocenters. The van der Waals surface area contributed by atoms with Crippen LogP contribution in [0.3, 0.4) is 0 Å². The number of hydrogen-bond acceptors (Lipinski definition) is 3.